The van der Waals surface area contributed by atoms with Crippen LogP contribution in [0.3, 0.4) is 0 Å². The monoisotopic (exact) mass is 317 g/mol. The van der Waals surface area contributed by atoms with Gasteiger partial charge in [0.05, 0.1) is 37.5 Å². The summed E-state index contributed by atoms with van der Waals surface area (Å²) in [6.07, 6.45) is -3.74. The molecule has 2 saturated heterocycles. The Morgan fingerprint density at radius 3 is 2.59 bits per heavy atom. The summed E-state index contributed by atoms with van der Waals surface area (Å²) in [5.74, 6) is -0.469. The van der Waals surface area contributed by atoms with Crippen LogP contribution in [0.1, 0.15) is 6.92 Å². The summed E-state index contributed by atoms with van der Waals surface area (Å²) < 4.78 is 10.7. The lowest BCUT2D eigenvalue weighted by Gasteiger charge is -2.41. The molecule has 22 heavy (non-hydrogen) atoms. The zero-order valence-corrected chi connectivity index (χ0v) is 12.2. The van der Waals surface area contributed by atoms with Gasteiger partial charge in [0.1, 0.15) is 18.3 Å². The third-order valence-corrected chi connectivity index (χ3v) is 4.88. The lowest BCUT2D eigenvalue weighted by atomic mass is 9.81. The van der Waals surface area contributed by atoms with E-state index in [1.165, 1.54) is 0 Å². The van der Waals surface area contributed by atoms with Crippen LogP contribution in [0.2, 0.25) is 0 Å². The molecule has 3 unspecified atom stereocenters. The Hall–Kier alpha value is -0.580. The van der Waals surface area contributed by atoms with Gasteiger partial charge in [-0.25, -0.2) is 0 Å². The predicted molar refractivity (Wildman–Crippen MR) is 73.7 cm³/mol. The van der Waals surface area contributed by atoms with E-state index in [0.29, 0.717) is 5.57 Å². The van der Waals surface area contributed by atoms with Crippen molar-refractivity contribution >= 4 is 0 Å². The summed E-state index contributed by atoms with van der Waals surface area (Å²) in [6, 6.07) is -1.19. The van der Waals surface area contributed by atoms with E-state index in [0.717, 1.165) is 0 Å². The average molecular weight is 317 g/mol. The van der Waals surface area contributed by atoms with E-state index in [2.05, 4.69) is 5.32 Å². The first kappa shape index (κ1) is 16.3. The second-order valence-electron chi connectivity index (χ2n) is 6.27. The third kappa shape index (κ3) is 2.59. The van der Waals surface area contributed by atoms with E-state index in [1.54, 1.807) is 13.0 Å². The van der Waals surface area contributed by atoms with Crippen LogP contribution in [-0.4, -0.2) is 87.6 Å². The van der Waals surface area contributed by atoms with Crippen molar-refractivity contribution in [3.63, 3.8) is 0 Å². The Labute approximate surface area is 128 Å². The van der Waals surface area contributed by atoms with Crippen LogP contribution in [0.25, 0.3) is 0 Å². The minimum absolute atomic E-state index is 0.244. The van der Waals surface area contributed by atoms with Gasteiger partial charge in [-0.2, -0.15) is 0 Å². The molecule has 2 fully saturated rings. The number of rotatable bonds is 3. The molecule has 6 N–H and O–H groups in total. The topological polar surface area (TPSA) is 132 Å². The third-order valence-electron chi connectivity index (χ3n) is 4.88. The fraction of sp³-hybridized carbons (Fsp3) is 0.857. The fourth-order valence-electron chi connectivity index (χ4n) is 3.40. The smallest absolute Gasteiger partial charge is 0.186 e. The van der Waals surface area contributed by atoms with E-state index >= 15 is 0 Å². The van der Waals surface area contributed by atoms with Gasteiger partial charge in [0.15, 0.2) is 6.29 Å². The first-order valence-electron chi connectivity index (χ1n) is 7.51. The Kier molecular flexibility index (Phi) is 4.54. The molecule has 1 aliphatic carbocycles. The molecule has 8 heteroatoms. The summed E-state index contributed by atoms with van der Waals surface area (Å²) in [6.45, 7) is 1.62. The number of ether oxygens (including phenoxy) is 2. The van der Waals surface area contributed by atoms with Gasteiger partial charge in [0, 0.05) is 5.92 Å². The minimum atomic E-state index is -1.17. The summed E-state index contributed by atoms with van der Waals surface area (Å²) in [4.78, 5) is 0. The van der Waals surface area contributed by atoms with Gasteiger partial charge in [-0.3, -0.25) is 0 Å². The normalized spacial score (nSPS) is 51.7. The Balaban J connectivity index is 1.78. The van der Waals surface area contributed by atoms with Crippen molar-refractivity contribution in [3.8, 4) is 0 Å². The van der Waals surface area contributed by atoms with Crippen molar-refractivity contribution in [3.05, 3.63) is 11.6 Å². The molecule has 3 aliphatic rings. The highest BCUT2D eigenvalue weighted by molar-refractivity contribution is 5.21. The van der Waals surface area contributed by atoms with Gasteiger partial charge in [0.2, 0.25) is 0 Å². The fourth-order valence-corrected chi connectivity index (χ4v) is 3.40. The van der Waals surface area contributed by atoms with Crippen molar-refractivity contribution in [1.29, 1.82) is 0 Å². The van der Waals surface area contributed by atoms with E-state index in [1.807, 2.05) is 0 Å². The molecule has 0 amide bonds. The van der Waals surface area contributed by atoms with Crippen molar-refractivity contribution in [2.45, 2.75) is 55.8 Å². The number of fused-ring (bicyclic) bond motifs is 2. The second-order valence-corrected chi connectivity index (χ2v) is 6.27. The highest BCUT2D eigenvalue weighted by Gasteiger charge is 2.50. The van der Waals surface area contributed by atoms with Crippen LogP contribution in [0, 0.1) is 5.92 Å². The largest absolute Gasteiger partial charge is 0.392 e. The second kappa shape index (κ2) is 6.14. The summed E-state index contributed by atoms with van der Waals surface area (Å²) >= 11 is 0. The van der Waals surface area contributed by atoms with E-state index in [-0.39, 0.29) is 13.2 Å². The molecule has 2 heterocycles. The van der Waals surface area contributed by atoms with Crippen molar-refractivity contribution in [2.24, 2.45) is 5.92 Å². The lowest BCUT2D eigenvalue weighted by Crippen LogP contribution is -2.64. The molecule has 9 atom stereocenters. The van der Waals surface area contributed by atoms with Crippen LogP contribution in [0.15, 0.2) is 11.6 Å². The number of hydrogen-bond acceptors (Lipinski definition) is 8. The zero-order valence-electron chi connectivity index (χ0n) is 12.2. The predicted octanol–water partition coefficient (Wildman–Crippen LogP) is -2.92. The molecular weight excluding hydrogens is 294 g/mol. The van der Waals surface area contributed by atoms with E-state index in [4.69, 9.17) is 9.47 Å². The molecule has 3 rings (SSSR count). The standard InChI is InChI=1S/C14H23NO7/c1-5-10(17)6(3-16)2-7(11(5)18)15-9-8-4-21-14(22-8)13(20)12(9)19/h2,5,7-20H,3-4H2,1H3/t5-,7-,8-,9-,10?,11?,12?,13-,14-/m1/s1. The maximum atomic E-state index is 10.3. The van der Waals surface area contributed by atoms with Gasteiger partial charge >= 0.3 is 0 Å². The number of aliphatic hydroxyl groups is 5. The Bertz CT molecular complexity index is 445. The SMILES string of the molecule is C[C@@H]1C(O)C(CO)=C[C@@H](N[C@H]2C(O)[C@@H](O)[C@@H]3OC[C@H]2O3)C1O. The molecule has 0 aromatic carbocycles. The molecular formula is C14H23NO7. The molecule has 0 saturated carbocycles. The van der Waals surface area contributed by atoms with Crippen LogP contribution < -0.4 is 5.32 Å². The van der Waals surface area contributed by atoms with Crippen LogP contribution >= 0.6 is 0 Å². The first-order chi connectivity index (χ1) is 10.4. The van der Waals surface area contributed by atoms with Gasteiger partial charge in [-0.05, 0) is 5.57 Å². The molecule has 0 spiro atoms. The van der Waals surface area contributed by atoms with Crippen LogP contribution in [0.4, 0.5) is 0 Å². The number of aliphatic hydroxyl groups excluding tert-OH is 5. The highest BCUT2D eigenvalue weighted by atomic mass is 16.7. The Morgan fingerprint density at radius 2 is 1.91 bits per heavy atom. The molecule has 2 bridgehead atoms. The van der Waals surface area contributed by atoms with Gasteiger partial charge in [0.25, 0.3) is 0 Å². The van der Waals surface area contributed by atoms with Crippen molar-refractivity contribution in [1.82, 2.24) is 5.32 Å². The van der Waals surface area contributed by atoms with Crippen molar-refractivity contribution < 1.29 is 35.0 Å². The molecule has 126 valence electrons. The van der Waals surface area contributed by atoms with E-state index in [9.17, 15) is 25.5 Å². The van der Waals surface area contributed by atoms with Gasteiger partial charge < -0.3 is 40.3 Å². The van der Waals surface area contributed by atoms with Gasteiger partial charge in [-0.15, -0.1) is 0 Å². The highest BCUT2D eigenvalue weighted by Crippen LogP contribution is 2.30. The summed E-state index contributed by atoms with van der Waals surface area (Å²) in [7, 11) is 0. The molecule has 0 radical (unpaired) electrons. The lowest BCUT2D eigenvalue weighted by molar-refractivity contribution is -0.204. The molecule has 2 aliphatic heterocycles. The van der Waals surface area contributed by atoms with Crippen LogP contribution in [0.5, 0.6) is 0 Å². The molecule has 0 aromatic rings. The minimum Gasteiger partial charge on any atom is -0.392 e. The average Bonchev–Trinajstić information content (AvgIpc) is 2.96. The van der Waals surface area contributed by atoms with Gasteiger partial charge in [-0.1, -0.05) is 13.0 Å². The van der Waals surface area contributed by atoms with E-state index < -0.39 is 54.8 Å². The first-order valence-corrected chi connectivity index (χ1v) is 7.51. The van der Waals surface area contributed by atoms with Crippen LogP contribution in [-0.2, 0) is 9.47 Å². The maximum absolute atomic E-state index is 10.3. The maximum Gasteiger partial charge on any atom is 0.186 e. The number of hydrogen-bond donors (Lipinski definition) is 6. The quantitative estimate of drug-likeness (QED) is 0.305. The summed E-state index contributed by atoms with van der Waals surface area (Å²) in [5, 5.41) is 52.8. The zero-order chi connectivity index (χ0) is 16.0. The summed E-state index contributed by atoms with van der Waals surface area (Å²) in [5.41, 5.74) is 0.419. The molecule has 8 nitrogen and oxygen atoms in total. The Morgan fingerprint density at radius 1 is 1.18 bits per heavy atom. The molecule has 0 aromatic heterocycles. The number of nitrogens with one attached hydrogen (secondary N) is 1. The van der Waals surface area contributed by atoms with Crippen molar-refractivity contribution in [2.75, 3.05) is 13.2 Å².